The first kappa shape index (κ1) is 20.3. The standard InChI is InChI=1S/C21H28N8S/c1-17-25-26-20(27(17)2)16-24-21(23-10-8-18-6-5-15-30-18)29-13-11-28(12-14-29)19-7-3-4-9-22-19/h3-7,9,15H,8,10-14,16H2,1-2H3,(H,23,24). The van der Waals surface area contributed by atoms with E-state index in [9.17, 15) is 0 Å². The van der Waals surface area contributed by atoms with Gasteiger partial charge in [0.25, 0.3) is 0 Å². The summed E-state index contributed by atoms with van der Waals surface area (Å²) in [5.41, 5.74) is 0. The van der Waals surface area contributed by atoms with E-state index in [2.05, 4.69) is 53.9 Å². The van der Waals surface area contributed by atoms with Crippen LogP contribution in [0.4, 0.5) is 5.82 Å². The molecule has 30 heavy (non-hydrogen) atoms. The van der Waals surface area contributed by atoms with Gasteiger partial charge in [0, 0.05) is 50.8 Å². The minimum absolute atomic E-state index is 0.513. The van der Waals surface area contributed by atoms with Crippen LogP contribution in [0.25, 0.3) is 0 Å². The lowest BCUT2D eigenvalue weighted by Crippen LogP contribution is -2.53. The summed E-state index contributed by atoms with van der Waals surface area (Å²) in [5.74, 6) is 3.75. The summed E-state index contributed by atoms with van der Waals surface area (Å²) in [6, 6.07) is 10.3. The van der Waals surface area contributed by atoms with Gasteiger partial charge in [0.2, 0.25) is 0 Å². The van der Waals surface area contributed by atoms with Crippen LogP contribution in [0.5, 0.6) is 0 Å². The highest BCUT2D eigenvalue weighted by Gasteiger charge is 2.20. The zero-order valence-electron chi connectivity index (χ0n) is 17.5. The van der Waals surface area contributed by atoms with Crippen LogP contribution < -0.4 is 10.2 Å². The Kier molecular flexibility index (Phi) is 6.58. The SMILES string of the molecule is Cc1nnc(CN=C(NCCc2cccs2)N2CCN(c3ccccn3)CC2)n1C. The Morgan fingerprint density at radius 2 is 2.00 bits per heavy atom. The molecule has 0 saturated carbocycles. The molecule has 0 radical (unpaired) electrons. The van der Waals surface area contributed by atoms with E-state index in [0.717, 1.165) is 62.6 Å². The average molecular weight is 425 g/mol. The van der Waals surface area contributed by atoms with Gasteiger partial charge >= 0.3 is 0 Å². The lowest BCUT2D eigenvalue weighted by atomic mass is 10.3. The summed E-state index contributed by atoms with van der Waals surface area (Å²) in [7, 11) is 1.98. The zero-order valence-corrected chi connectivity index (χ0v) is 18.3. The van der Waals surface area contributed by atoms with Crippen LogP contribution in [0.1, 0.15) is 16.5 Å². The Bertz CT molecular complexity index is 943. The normalized spacial score (nSPS) is 14.9. The summed E-state index contributed by atoms with van der Waals surface area (Å²) in [6.45, 7) is 6.98. The summed E-state index contributed by atoms with van der Waals surface area (Å²) in [5, 5.41) is 14.1. The topological polar surface area (TPSA) is 74.5 Å². The van der Waals surface area contributed by atoms with Gasteiger partial charge < -0.3 is 19.7 Å². The van der Waals surface area contributed by atoms with Crippen molar-refractivity contribution in [3.05, 3.63) is 58.4 Å². The first-order valence-electron chi connectivity index (χ1n) is 10.3. The first-order valence-corrected chi connectivity index (χ1v) is 11.1. The predicted molar refractivity (Wildman–Crippen MR) is 121 cm³/mol. The molecular formula is C21H28N8S. The van der Waals surface area contributed by atoms with Crippen LogP contribution in [-0.4, -0.2) is 63.3 Å². The maximum Gasteiger partial charge on any atom is 0.194 e. The first-order chi connectivity index (χ1) is 14.7. The van der Waals surface area contributed by atoms with Gasteiger partial charge in [-0.1, -0.05) is 12.1 Å². The van der Waals surface area contributed by atoms with E-state index >= 15 is 0 Å². The van der Waals surface area contributed by atoms with Crippen LogP contribution in [0.2, 0.25) is 0 Å². The molecular weight excluding hydrogens is 396 g/mol. The van der Waals surface area contributed by atoms with Gasteiger partial charge in [-0.2, -0.15) is 0 Å². The molecule has 1 N–H and O–H groups in total. The molecule has 1 fully saturated rings. The zero-order chi connectivity index (χ0) is 20.8. The lowest BCUT2D eigenvalue weighted by Gasteiger charge is -2.37. The molecule has 4 heterocycles. The molecule has 0 unspecified atom stereocenters. The number of hydrogen-bond acceptors (Lipinski definition) is 6. The number of nitrogens with zero attached hydrogens (tertiary/aromatic N) is 7. The van der Waals surface area contributed by atoms with E-state index in [0.29, 0.717) is 6.54 Å². The molecule has 8 nitrogen and oxygen atoms in total. The van der Waals surface area contributed by atoms with E-state index < -0.39 is 0 Å². The van der Waals surface area contributed by atoms with E-state index in [-0.39, 0.29) is 0 Å². The maximum atomic E-state index is 4.89. The highest BCUT2D eigenvalue weighted by Crippen LogP contribution is 2.13. The number of thiophene rings is 1. The third kappa shape index (κ3) is 4.96. The van der Waals surface area contributed by atoms with Crippen LogP contribution >= 0.6 is 11.3 Å². The number of aryl methyl sites for hydroxylation is 1. The Hall–Kier alpha value is -2.94. The van der Waals surface area contributed by atoms with Crippen molar-refractivity contribution in [3.8, 4) is 0 Å². The van der Waals surface area contributed by atoms with E-state index in [1.165, 1.54) is 4.88 Å². The van der Waals surface area contributed by atoms with Gasteiger partial charge in [0.15, 0.2) is 11.8 Å². The second-order valence-electron chi connectivity index (χ2n) is 7.28. The molecule has 1 saturated heterocycles. The maximum absolute atomic E-state index is 4.89. The molecule has 9 heteroatoms. The van der Waals surface area contributed by atoms with Crippen LogP contribution in [0.15, 0.2) is 46.9 Å². The largest absolute Gasteiger partial charge is 0.356 e. The van der Waals surface area contributed by atoms with Crippen molar-refractivity contribution < 1.29 is 0 Å². The van der Waals surface area contributed by atoms with Crippen molar-refractivity contribution in [2.45, 2.75) is 19.9 Å². The van der Waals surface area contributed by atoms with Crippen LogP contribution in [0.3, 0.4) is 0 Å². The fraction of sp³-hybridized carbons (Fsp3) is 0.429. The Balaban J connectivity index is 1.41. The van der Waals surface area contributed by atoms with Crippen molar-refractivity contribution in [1.29, 1.82) is 0 Å². The minimum atomic E-state index is 0.513. The van der Waals surface area contributed by atoms with Crippen molar-refractivity contribution in [2.24, 2.45) is 12.0 Å². The average Bonchev–Trinajstić information content (AvgIpc) is 3.42. The molecule has 0 aromatic carbocycles. The van der Waals surface area contributed by atoms with Crippen molar-refractivity contribution in [3.63, 3.8) is 0 Å². The second-order valence-corrected chi connectivity index (χ2v) is 8.31. The fourth-order valence-electron chi connectivity index (χ4n) is 3.44. The Morgan fingerprint density at radius 1 is 1.13 bits per heavy atom. The number of aliphatic imine (C=N–C) groups is 1. The van der Waals surface area contributed by atoms with E-state index in [4.69, 9.17) is 4.99 Å². The number of hydrogen-bond donors (Lipinski definition) is 1. The second kappa shape index (κ2) is 9.71. The summed E-state index contributed by atoms with van der Waals surface area (Å²) < 4.78 is 1.99. The van der Waals surface area contributed by atoms with Crippen molar-refractivity contribution >= 4 is 23.1 Å². The monoisotopic (exact) mass is 424 g/mol. The lowest BCUT2D eigenvalue weighted by molar-refractivity contribution is 0.370. The van der Waals surface area contributed by atoms with Crippen molar-refractivity contribution in [2.75, 3.05) is 37.6 Å². The minimum Gasteiger partial charge on any atom is -0.356 e. The van der Waals surface area contributed by atoms with Gasteiger partial charge in [-0.3, -0.25) is 0 Å². The number of guanidine groups is 1. The Labute approximate surface area is 181 Å². The van der Waals surface area contributed by atoms with Gasteiger partial charge in [-0.15, -0.1) is 21.5 Å². The molecule has 0 spiro atoms. The van der Waals surface area contributed by atoms with Gasteiger partial charge in [-0.05, 0) is 36.9 Å². The molecule has 3 aromatic rings. The molecule has 158 valence electrons. The van der Waals surface area contributed by atoms with Crippen molar-refractivity contribution in [1.82, 2.24) is 30.0 Å². The molecule has 0 aliphatic carbocycles. The van der Waals surface area contributed by atoms with Gasteiger partial charge in [0.1, 0.15) is 18.2 Å². The third-order valence-electron chi connectivity index (χ3n) is 5.34. The summed E-state index contributed by atoms with van der Waals surface area (Å²) in [4.78, 5) is 15.4. The number of aromatic nitrogens is 4. The Morgan fingerprint density at radius 3 is 2.67 bits per heavy atom. The number of pyridine rings is 1. The smallest absolute Gasteiger partial charge is 0.194 e. The molecule has 0 amide bonds. The molecule has 1 aliphatic rings. The fourth-order valence-corrected chi connectivity index (χ4v) is 4.15. The molecule has 0 bridgehead atoms. The van der Waals surface area contributed by atoms with Gasteiger partial charge in [-0.25, -0.2) is 9.98 Å². The molecule has 4 rings (SSSR count). The highest BCUT2D eigenvalue weighted by atomic mass is 32.1. The predicted octanol–water partition coefficient (Wildman–Crippen LogP) is 2.09. The molecule has 3 aromatic heterocycles. The number of piperazine rings is 1. The van der Waals surface area contributed by atoms with Gasteiger partial charge in [0.05, 0.1) is 0 Å². The van der Waals surface area contributed by atoms with E-state index in [1.54, 1.807) is 11.3 Å². The molecule has 1 aliphatic heterocycles. The van der Waals surface area contributed by atoms with Crippen LogP contribution in [0, 0.1) is 6.92 Å². The quantitative estimate of drug-likeness (QED) is 0.482. The summed E-state index contributed by atoms with van der Waals surface area (Å²) >= 11 is 1.79. The molecule has 0 atom stereocenters. The number of rotatable bonds is 6. The summed E-state index contributed by atoms with van der Waals surface area (Å²) in [6.07, 6.45) is 2.84. The number of anilines is 1. The third-order valence-corrected chi connectivity index (χ3v) is 6.28. The van der Waals surface area contributed by atoms with Crippen LogP contribution in [-0.2, 0) is 20.0 Å². The highest BCUT2D eigenvalue weighted by molar-refractivity contribution is 7.09. The number of nitrogens with one attached hydrogen (secondary N) is 1. The van der Waals surface area contributed by atoms with E-state index in [1.807, 2.05) is 36.9 Å².